The molecule has 1 heterocycles. The van der Waals surface area contributed by atoms with Crippen LogP contribution in [0.4, 0.5) is 5.69 Å². The van der Waals surface area contributed by atoms with Gasteiger partial charge in [-0.1, -0.05) is 25.4 Å². The minimum Gasteiger partial charge on any atom is -0.487 e. The highest BCUT2D eigenvalue weighted by Gasteiger charge is 2.23. The molecule has 0 spiro atoms. The molecule has 1 aromatic rings. The van der Waals surface area contributed by atoms with Gasteiger partial charge < -0.3 is 4.74 Å². The Labute approximate surface area is 149 Å². The molecule has 1 aliphatic rings. The first kappa shape index (κ1) is 19.1. The van der Waals surface area contributed by atoms with Crippen LogP contribution >= 0.6 is 11.6 Å². The molecule has 24 heavy (non-hydrogen) atoms. The first-order valence-electron chi connectivity index (χ1n) is 8.10. The first-order chi connectivity index (χ1) is 11.2. The second kappa shape index (κ2) is 7.74. The lowest BCUT2D eigenvalue weighted by atomic mass is 10.00. The average molecular weight is 373 g/mol. The van der Waals surface area contributed by atoms with E-state index in [0.717, 1.165) is 30.7 Å². The summed E-state index contributed by atoms with van der Waals surface area (Å²) in [6.45, 7) is 5.46. The summed E-state index contributed by atoms with van der Waals surface area (Å²) in [6.07, 6.45) is 3.88. The monoisotopic (exact) mass is 372 g/mol. The summed E-state index contributed by atoms with van der Waals surface area (Å²) >= 11 is 6.33. The summed E-state index contributed by atoms with van der Waals surface area (Å²) in [5.74, 6) is 1.01. The molecule has 0 saturated heterocycles. The molecule has 0 fully saturated rings. The molecule has 0 unspecified atom stereocenters. The Kier molecular flexibility index (Phi) is 6.15. The maximum atomic E-state index is 12.0. The van der Waals surface area contributed by atoms with Gasteiger partial charge in [-0.25, -0.2) is 8.42 Å². The normalized spacial score (nSPS) is 14.8. The van der Waals surface area contributed by atoms with E-state index in [9.17, 15) is 8.42 Å². The van der Waals surface area contributed by atoms with E-state index in [-0.39, 0.29) is 0 Å². The van der Waals surface area contributed by atoms with Crippen LogP contribution in [-0.2, 0) is 16.4 Å². The molecule has 0 radical (unpaired) electrons. The molecule has 0 amide bonds. The molecule has 1 aliphatic heterocycles. The van der Waals surface area contributed by atoms with Gasteiger partial charge in [-0.2, -0.15) is 0 Å². The predicted octanol–water partition coefficient (Wildman–Crippen LogP) is 3.55. The van der Waals surface area contributed by atoms with Crippen LogP contribution in [0.1, 0.15) is 32.3 Å². The maximum absolute atomic E-state index is 12.0. The van der Waals surface area contributed by atoms with Gasteiger partial charge in [0.15, 0.2) is 0 Å². The highest BCUT2D eigenvalue weighted by molar-refractivity contribution is 7.92. The van der Waals surface area contributed by atoms with Crippen LogP contribution < -0.4 is 9.04 Å². The number of sulfonamides is 1. The van der Waals surface area contributed by atoms with Gasteiger partial charge in [0.05, 0.1) is 17.0 Å². The summed E-state index contributed by atoms with van der Waals surface area (Å²) in [7, 11) is -1.90. The van der Waals surface area contributed by atoms with Crippen molar-refractivity contribution in [3.05, 3.63) is 22.7 Å². The van der Waals surface area contributed by atoms with Crippen LogP contribution in [0.15, 0.2) is 17.1 Å². The Morgan fingerprint density at radius 2 is 2.08 bits per heavy atom. The molecule has 0 atom stereocenters. The second-order valence-corrected chi connectivity index (χ2v) is 8.96. The van der Waals surface area contributed by atoms with Gasteiger partial charge in [0.2, 0.25) is 10.0 Å². The molecule has 0 saturated carbocycles. The third-order valence-electron chi connectivity index (χ3n) is 3.97. The van der Waals surface area contributed by atoms with Crippen molar-refractivity contribution in [2.75, 3.05) is 30.8 Å². The fourth-order valence-corrected chi connectivity index (χ4v) is 3.61. The topological polar surface area (TPSA) is 59.0 Å². The van der Waals surface area contributed by atoms with E-state index in [0.29, 0.717) is 35.4 Å². The highest BCUT2D eigenvalue weighted by atomic mass is 35.5. The Morgan fingerprint density at radius 1 is 1.38 bits per heavy atom. The number of hydrogen-bond donors (Lipinski definition) is 0. The van der Waals surface area contributed by atoms with Crippen molar-refractivity contribution in [2.45, 2.75) is 33.1 Å². The van der Waals surface area contributed by atoms with Gasteiger partial charge in [-0.05, 0) is 37.3 Å². The number of anilines is 1. The van der Waals surface area contributed by atoms with Gasteiger partial charge in [0, 0.05) is 24.9 Å². The molecule has 0 bridgehead atoms. The lowest BCUT2D eigenvalue weighted by Gasteiger charge is -2.24. The molecular formula is C17H25ClN2O3S. The van der Waals surface area contributed by atoms with E-state index in [2.05, 4.69) is 18.8 Å². The van der Waals surface area contributed by atoms with Crippen LogP contribution in [0, 0.1) is 5.92 Å². The SMILES string of the molecule is CC(C)Cc1c(OCC2=NCCC2)ccc(Cl)c1N(C)S(C)(=O)=O. The number of benzene rings is 1. The minimum absolute atomic E-state index is 0.335. The van der Waals surface area contributed by atoms with Crippen molar-refractivity contribution >= 4 is 33.0 Å². The van der Waals surface area contributed by atoms with E-state index in [1.807, 2.05) is 6.07 Å². The summed E-state index contributed by atoms with van der Waals surface area (Å²) < 4.78 is 31.2. The largest absolute Gasteiger partial charge is 0.487 e. The minimum atomic E-state index is -3.41. The van der Waals surface area contributed by atoms with Gasteiger partial charge in [0.1, 0.15) is 12.4 Å². The fraction of sp³-hybridized carbons (Fsp3) is 0.588. The number of rotatable bonds is 7. The molecule has 1 aromatic carbocycles. The molecule has 0 aromatic heterocycles. The lowest BCUT2D eigenvalue weighted by molar-refractivity contribution is 0.369. The van der Waals surface area contributed by atoms with Crippen LogP contribution in [0.25, 0.3) is 0 Å². The van der Waals surface area contributed by atoms with E-state index in [4.69, 9.17) is 16.3 Å². The van der Waals surface area contributed by atoms with Gasteiger partial charge in [-0.3, -0.25) is 9.30 Å². The van der Waals surface area contributed by atoms with Gasteiger partial charge in [0.25, 0.3) is 0 Å². The first-order valence-corrected chi connectivity index (χ1v) is 10.3. The third kappa shape index (κ3) is 4.63. The second-order valence-electron chi connectivity index (χ2n) is 6.54. The van der Waals surface area contributed by atoms with Crippen molar-refractivity contribution in [3.63, 3.8) is 0 Å². The molecule has 134 valence electrons. The van der Waals surface area contributed by atoms with Crippen molar-refractivity contribution in [2.24, 2.45) is 10.9 Å². The van der Waals surface area contributed by atoms with Crippen LogP contribution in [0.5, 0.6) is 5.75 Å². The van der Waals surface area contributed by atoms with Crippen molar-refractivity contribution in [1.29, 1.82) is 0 Å². The number of ether oxygens (including phenoxy) is 1. The van der Waals surface area contributed by atoms with Crippen molar-refractivity contribution in [1.82, 2.24) is 0 Å². The van der Waals surface area contributed by atoms with Gasteiger partial charge in [-0.15, -0.1) is 0 Å². The quantitative estimate of drug-likeness (QED) is 0.735. The van der Waals surface area contributed by atoms with Crippen molar-refractivity contribution in [3.8, 4) is 5.75 Å². The van der Waals surface area contributed by atoms with E-state index in [1.165, 1.54) is 17.6 Å². The predicted molar refractivity (Wildman–Crippen MR) is 100 cm³/mol. The zero-order valence-electron chi connectivity index (χ0n) is 14.7. The zero-order chi connectivity index (χ0) is 17.9. The van der Waals surface area contributed by atoms with Crippen LogP contribution in [-0.4, -0.2) is 40.6 Å². The Hall–Kier alpha value is -1.27. The lowest BCUT2D eigenvalue weighted by Crippen LogP contribution is -2.27. The van der Waals surface area contributed by atoms with Crippen LogP contribution in [0.2, 0.25) is 5.02 Å². The Balaban J connectivity index is 2.42. The Morgan fingerprint density at radius 3 is 2.62 bits per heavy atom. The molecule has 2 rings (SSSR count). The molecule has 0 aliphatic carbocycles. The highest BCUT2D eigenvalue weighted by Crippen LogP contribution is 2.38. The van der Waals surface area contributed by atoms with Crippen molar-refractivity contribution < 1.29 is 13.2 Å². The maximum Gasteiger partial charge on any atom is 0.232 e. The average Bonchev–Trinajstić information content (AvgIpc) is 2.98. The zero-order valence-corrected chi connectivity index (χ0v) is 16.2. The standard InChI is InChI=1S/C17H25ClN2O3S/c1-12(2)10-14-16(23-11-13-6-5-9-19-13)8-7-15(18)17(14)20(3)24(4,21)22/h7-8,12H,5-6,9-11H2,1-4H3. The summed E-state index contributed by atoms with van der Waals surface area (Å²) in [6, 6.07) is 3.50. The number of aliphatic imine (C=N–C) groups is 1. The van der Waals surface area contributed by atoms with E-state index >= 15 is 0 Å². The third-order valence-corrected chi connectivity index (χ3v) is 5.45. The number of halogens is 1. The number of nitrogens with zero attached hydrogens (tertiary/aromatic N) is 2. The fourth-order valence-electron chi connectivity index (χ4n) is 2.71. The van der Waals surface area contributed by atoms with Crippen LogP contribution in [0.3, 0.4) is 0 Å². The van der Waals surface area contributed by atoms with E-state index < -0.39 is 10.0 Å². The summed E-state index contributed by atoms with van der Waals surface area (Å²) in [4.78, 5) is 4.42. The summed E-state index contributed by atoms with van der Waals surface area (Å²) in [5, 5.41) is 0.407. The molecule has 0 N–H and O–H groups in total. The number of hydrogen-bond acceptors (Lipinski definition) is 4. The smallest absolute Gasteiger partial charge is 0.232 e. The Bertz CT molecular complexity index is 730. The van der Waals surface area contributed by atoms with E-state index in [1.54, 1.807) is 6.07 Å². The molecule has 7 heteroatoms. The summed E-state index contributed by atoms with van der Waals surface area (Å²) in [5.41, 5.74) is 2.38. The molecular weight excluding hydrogens is 348 g/mol. The van der Waals surface area contributed by atoms with Gasteiger partial charge >= 0.3 is 0 Å². The molecule has 5 nitrogen and oxygen atoms in total.